The summed E-state index contributed by atoms with van der Waals surface area (Å²) in [4.78, 5) is 24.5. The first kappa shape index (κ1) is 23.4. The van der Waals surface area contributed by atoms with Crippen molar-refractivity contribution in [2.24, 2.45) is 5.73 Å². The molecule has 3 aromatic rings. The first-order valence-corrected chi connectivity index (χ1v) is 9.61. The van der Waals surface area contributed by atoms with Crippen molar-refractivity contribution in [3.63, 3.8) is 0 Å². The smallest absolute Gasteiger partial charge is 0.254 e. The molecule has 0 aliphatic rings. The fraction of sp³-hybridized carbons (Fsp3) is 0.130. The van der Waals surface area contributed by atoms with Crippen LogP contribution < -0.4 is 5.73 Å². The lowest BCUT2D eigenvalue weighted by molar-refractivity contribution is 0.0799. The summed E-state index contributed by atoms with van der Waals surface area (Å²) < 4.78 is 0. The number of nitriles is 1. The largest absolute Gasteiger partial charge is 0.506 e. The Kier molecular flexibility index (Phi) is 8.12. The highest BCUT2D eigenvalue weighted by Crippen LogP contribution is 2.24. The third-order valence-electron chi connectivity index (χ3n) is 4.48. The Morgan fingerprint density at radius 2 is 1.87 bits per heavy atom. The maximum Gasteiger partial charge on any atom is 0.254 e. The van der Waals surface area contributed by atoms with Gasteiger partial charge in [-0.25, -0.2) is 0 Å². The van der Waals surface area contributed by atoms with Crippen LogP contribution in [0.1, 0.15) is 32.7 Å². The molecule has 0 spiro atoms. The molecule has 0 atom stereocenters. The second-order valence-corrected chi connectivity index (χ2v) is 6.96. The molecule has 4 N–H and O–H groups in total. The zero-order chi connectivity index (χ0) is 23.0. The Morgan fingerprint density at radius 1 is 1.19 bits per heavy atom. The van der Waals surface area contributed by atoms with Gasteiger partial charge in [0.25, 0.3) is 5.91 Å². The molecule has 158 valence electrons. The average molecular weight is 437 g/mol. The molecule has 0 heterocycles. The van der Waals surface area contributed by atoms with Crippen molar-refractivity contribution >= 4 is 40.4 Å². The van der Waals surface area contributed by atoms with Crippen LogP contribution in [0.15, 0.2) is 54.6 Å². The van der Waals surface area contributed by atoms with Crippen LogP contribution in [0.25, 0.3) is 10.8 Å². The maximum atomic E-state index is 12.4. The van der Waals surface area contributed by atoms with Crippen LogP contribution >= 0.6 is 11.6 Å². The number of hydrogen-bond donors (Lipinski definition) is 3. The summed E-state index contributed by atoms with van der Waals surface area (Å²) in [6.45, 7) is 0.413. The van der Waals surface area contributed by atoms with E-state index in [-0.39, 0.29) is 22.2 Å². The SMILES string of the molecule is CN(CCC#N)C(=O)c1ccc(C=N)c2ccccc12.NC(=O)c1ccc(O)c(Cl)c1. The van der Waals surface area contributed by atoms with E-state index in [0.717, 1.165) is 16.3 Å². The molecule has 3 aromatic carbocycles. The number of carbonyl (C=O) groups is 2. The monoisotopic (exact) mass is 436 g/mol. The Morgan fingerprint density at radius 3 is 2.45 bits per heavy atom. The van der Waals surface area contributed by atoms with E-state index in [4.69, 9.17) is 33.1 Å². The molecule has 0 aromatic heterocycles. The van der Waals surface area contributed by atoms with Gasteiger partial charge in [-0.3, -0.25) is 9.59 Å². The van der Waals surface area contributed by atoms with Crippen molar-refractivity contribution in [2.45, 2.75) is 6.42 Å². The number of rotatable bonds is 5. The highest BCUT2D eigenvalue weighted by atomic mass is 35.5. The van der Waals surface area contributed by atoms with Gasteiger partial charge >= 0.3 is 0 Å². The van der Waals surface area contributed by atoms with E-state index >= 15 is 0 Å². The molecule has 0 aliphatic heterocycles. The van der Waals surface area contributed by atoms with E-state index in [2.05, 4.69) is 0 Å². The normalized spacial score (nSPS) is 9.84. The highest BCUT2D eigenvalue weighted by molar-refractivity contribution is 6.32. The van der Waals surface area contributed by atoms with Gasteiger partial charge in [-0.1, -0.05) is 41.9 Å². The quantitative estimate of drug-likeness (QED) is 0.522. The Balaban J connectivity index is 0.000000262. The zero-order valence-corrected chi connectivity index (χ0v) is 17.6. The van der Waals surface area contributed by atoms with Gasteiger partial charge in [-0.2, -0.15) is 5.26 Å². The summed E-state index contributed by atoms with van der Waals surface area (Å²) in [6, 6.07) is 17.2. The predicted octanol–water partition coefficient (Wildman–Crippen LogP) is 3.97. The summed E-state index contributed by atoms with van der Waals surface area (Å²) in [7, 11) is 1.69. The molecular formula is C23H21ClN4O3. The molecule has 2 amide bonds. The Hall–Kier alpha value is -3.89. The van der Waals surface area contributed by atoms with Gasteiger partial charge in [0, 0.05) is 30.9 Å². The lowest BCUT2D eigenvalue weighted by Crippen LogP contribution is -2.27. The van der Waals surface area contributed by atoms with Crippen LogP contribution in [0, 0.1) is 16.7 Å². The third-order valence-corrected chi connectivity index (χ3v) is 4.78. The van der Waals surface area contributed by atoms with E-state index in [1.54, 1.807) is 24.1 Å². The fourth-order valence-electron chi connectivity index (χ4n) is 2.82. The van der Waals surface area contributed by atoms with Gasteiger partial charge in [0.1, 0.15) is 5.75 Å². The van der Waals surface area contributed by atoms with Gasteiger partial charge < -0.3 is 21.1 Å². The number of halogens is 1. The average Bonchev–Trinajstić information content (AvgIpc) is 2.78. The summed E-state index contributed by atoms with van der Waals surface area (Å²) in [6.07, 6.45) is 1.61. The summed E-state index contributed by atoms with van der Waals surface area (Å²) in [5.41, 5.74) is 6.63. The number of phenolic OH excluding ortho intramolecular Hbond substituents is 1. The van der Waals surface area contributed by atoms with Gasteiger partial charge in [-0.15, -0.1) is 0 Å². The first-order chi connectivity index (χ1) is 14.8. The number of fused-ring (bicyclic) bond motifs is 1. The first-order valence-electron chi connectivity index (χ1n) is 9.23. The second-order valence-electron chi connectivity index (χ2n) is 6.56. The minimum atomic E-state index is -0.563. The molecule has 0 fully saturated rings. The number of amides is 2. The third kappa shape index (κ3) is 5.81. The lowest BCUT2D eigenvalue weighted by Gasteiger charge is -2.17. The lowest BCUT2D eigenvalue weighted by atomic mass is 9.99. The number of hydrogen-bond acceptors (Lipinski definition) is 5. The van der Waals surface area contributed by atoms with Gasteiger partial charge in [-0.05, 0) is 40.6 Å². The highest BCUT2D eigenvalue weighted by Gasteiger charge is 2.15. The Bertz CT molecular complexity index is 1170. The Labute approximate surface area is 184 Å². The maximum absolute atomic E-state index is 12.4. The fourth-order valence-corrected chi connectivity index (χ4v) is 3.00. The molecule has 3 rings (SSSR count). The van der Waals surface area contributed by atoms with Crippen LogP contribution in [0.5, 0.6) is 5.75 Å². The molecule has 0 saturated heterocycles. The van der Waals surface area contributed by atoms with E-state index in [0.29, 0.717) is 18.5 Å². The molecule has 0 bridgehead atoms. The number of phenols is 1. The summed E-state index contributed by atoms with van der Waals surface area (Å²) >= 11 is 5.50. The number of primary amides is 1. The second kappa shape index (κ2) is 10.8. The van der Waals surface area contributed by atoms with Gasteiger partial charge in [0.05, 0.1) is 17.5 Å². The minimum absolute atomic E-state index is 0.0586. The molecule has 8 heteroatoms. The number of nitrogens with two attached hydrogens (primary N) is 1. The minimum Gasteiger partial charge on any atom is -0.506 e. The molecule has 0 aliphatic carbocycles. The van der Waals surface area contributed by atoms with Crippen LogP contribution in [0.3, 0.4) is 0 Å². The number of nitrogens with one attached hydrogen (secondary N) is 1. The zero-order valence-electron chi connectivity index (χ0n) is 16.8. The van der Waals surface area contributed by atoms with Crippen molar-refractivity contribution in [1.29, 1.82) is 10.7 Å². The summed E-state index contributed by atoms with van der Waals surface area (Å²) in [5, 5.41) is 26.8. The number of nitrogens with zero attached hydrogens (tertiary/aromatic N) is 2. The predicted molar refractivity (Wildman–Crippen MR) is 121 cm³/mol. The molecule has 0 saturated carbocycles. The van der Waals surface area contributed by atoms with Crippen molar-refractivity contribution in [3.05, 3.63) is 76.3 Å². The van der Waals surface area contributed by atoms with Crippen LogP contribution in [-0.2, 0) is 0 Å². The topological polar surface area (TPSA) is 131 Å². The van der Waals surface area contributed by atoms with Crippen LogP contribution in [0.2, 0.25) is 5.02 Å². The van der Waals surface area contributed by atoms with Crippen LogP contribution in [0.4, 0.5) is 0 Å². The van der Waals surface area contributed by atoms with Crippen molar-refractivity contribution < 1.29 is 14.7 Å². The van der Waals surface area contributed by atoms with E-state index < -0.39 is 5.91 Å². The molecule has 0 unspecified atom stereocenters. The van der Waals surface area contributed by atoms with E-state index in [1.807, 2.05) is 30.3 Å². The molecule has 0 radical (unpaired) electrons. The number of aromatic hydroxyl groups is 1. The van der Waals surface area contributed by atoms with Crippen LogP contribution in [-0.4, -0.2) is 41.6 Å². The molecule has 7 nitrogen and oxygen atoms in total. The summed E-state index contributed by atoms with van der Waals surface area (Å²) in [5.74, 6) is -0.725. The molecular weight excluding hydrogens is 416 g/mol. The van der Waals surface area contributed by atoms with Gasteiger partial charge in [0.15, 0.2) is 0 Å². The van der Waals surface area contributed by atoms with Crippen molar-refractivity contribution in [1.82, 2.24) is 4.90 Å². The number of benzene rings is 3. The number of carbonyl (C=O) groups excluding carboxylic acids is 2. The molecule has 31 heavy (non-hydrogen) atoms. The van der Waals surface area contributed by atoms with E-state index in [9.17, 15) is 9.59 Å². The van der Waals surface area contributed by atoms with Crippen molar-refractivity contribution in [2.75, 3.05) is 13.6 Å². The van der Waals surface area contributed by atoms with Gasteiger partial charge in [0.2, 0.25) is 5.91 Å². The van der Waals surface area contributed by atoms with E-state index in [1.165, 1.54) is 24.4 Å². The van der Waals surface area contributed by atoms with Crippen molar-refractivity contribution in [3.8, 4) is 11.8 Å². The standard InChI is InChI=1S/C16H15N3O.C7H6ClNO2/c1-19(10-4-9-17)16(20)15-8-7-12(11-18)13-5-2-3-6-14(13)15;8-5-3-4(7(9)11)1-2-6(5)10/h2-3,5-8,11,18H,4,10H2,1H3;1-3,10H,(H2,9,11).